The normalized spacial score (nSPS) is 13.3. The first-order valence-corrected chi connectivity index (χ1v) is 10.9. The molecule has 0 spiro atoms. The molecular weight excluding hydrogens is 404 g/mol. The van der Waals surface area contributed by atoms with E-state index in [-0.39, 0.29) is 17.9 Å². The highest BCUT2D eigenvalue weighted by Crippen LogP contribution is 2.37. The second kappa shape index (κ2) is 9.30. The van der Waals surface area contributed by atoms with Gasteiger partial charge in [-0.1, -0.05) is 37.3 Å². The SMILES string of the molecule is CCC(NC(=O)CCCN1C(=O)c2cccc3cccc1c23)c1ccc(OC)c(OC)c1. The van der Waals surface area contributed by atoms with Gasteiger partial charge in [-0.2, -0.15) is 0 Å². The van der Waals surface area contributed by atoms with Crippen LogP contribution < -0.4 is 19.7 Å². The van der Waals surface area contributed by atoms with E-state index in [0.717, 1.165) is 34.0 Å². The predicted molar refractivity (Wildman–Crippen MR) is 126 cm³/mol. The first-order chi connectivity index (χ1) is 15.6. The van der Waals surface area contributed by atoms with Gasteiger partial charge in [0.25, 0.3) is 5.91 Å². The number of hydrogen-bond donors (Lipinski definition) is 1. The molecule has 2 amide bonds. The lowest BCUT2D eigenvalue weighted by atomic mass is 10.0. The van der Waals surface area contributed by atoms with Crippen LogP contribution >= 0.6 is 0 Å². The summed E-state index contributed by atoms with van der Waals surface area (Å²) in [6.07, 6.45) is 1.69. The van der Waals surface area contributed by atoms with Crippen LogP contribution in [0.4, 0.5) is 5.69 Å². The minimum Gasteiger partial charge on any atom is -0.493 e. The highest BCUT2D eigenvalue weighted by atomic mass is 16.5. The van der Waals surface area contributed by atoms with E-state index < -0.39 is 0 Å². The Balaban J connectivity index is 1.37. The molecule has 166 valence electrons. The Labute approximate surface area is 188 Å². The summed E-state index contributed by atoms with van der Waals surface area (Å²) in [5.41, 5.74) is 2.64. The zero-order chi connectivity index (χ0) is 22.7. The number of hydrogen-bond acceptors (Lipinski definition) is 4. The van der Waals surface area contributed by atoms with E-state index in [9.17, 15) is 9.59 Å². The van der Waals surface area contributed by atoms with E-state index in [1.807, 2.05) is 61.5 Å². The van der Waals surface area contributed by atoms with Crippen LogP contribution in [0.25, 0.3) is 10.8 Å². The van der Waals surface area contributed by atoms with Crippen molar-refractivity contribution >= 4 is 28.3 Å². The van der Waals surface area contributed by atoms with Crippen molar-refractivity contribution in [2.24, 2.45) is 0 Å². The van der Waals surface area contributed by atoms with Crippen LogP contribution in [-0.4, -0.2) is 32.6 Å². The van der Waals surface area contributed by atoms with Gasteiger partial charge in [-0.3, -0.25) is 9.59 Å². The molecule has 1 atom stereocenters. The van der Waals surface area contributed by atoms with E-state index in [4.69, 9.17) is 9.47 Å². The number of amides is 2. The Hall–Kier alpha value is -3.54. The van der Waals surface area contributed by atoms with Gasteiger partial charge in [0.15, 0.2) is 11.5 Å². The van der Waals surface area contributed by atoms with Crippen molar-refractivity contribution in [3.05, 3.63) is 65.7 Å². The number of methoxy groups -OCH3 is 2. The molecule has 0 saturated carbocycles. The van der Waals surface area contributed by atoms with E-state index in [1.54, 1.807) is 19.1 Å². The van der Waals surface area contributed by atoms with Crippen molar-refractivity contribution in [1.29, 1.82) is 0 Å². The molecule has 3 aromatic rings. The van der Waals surface area contributed by atoms with Gasteiger partial charge in [-0.15, -0.1) is 0 Å². The van der Waals surface area contributed by atoms with Gasteiger partial charge in [0.05, 0.1) is 25.9 Å². The average molecular weight is 433 g/mol. The molecule has 0 bridgehead atoms. The second-order valence-electron chi connectivity index (χ2n) is 7.88. The van der Waals surface area contributed by atoms with Crippen molar-refractivity contribution in [2.75, 3.05) is 25.7 Å². The smallest absolute Gasteiger partial charge is 0.258 e. The van der Waals surface area contributed by atoms with Gasteiger partial charge in [-0.05, 0) is 48.1 Å². The molecule has 1 aliphatic rings. The topological polar surface area (TPSA) is 67.9 Å². The van der Waals surface area contributed by atoms with E-state index in [1.165, 1.54) is 0 Å². The van der Waals surface area contributed by atoms with E-state index in [0.29, 0.717) is 30.9 Å². The lowest BCUT2D eigenvalue weighted by Gasteiger charge is -2.20. The van der Waals surface area contributed by atoms with Crippen molar-refractivity contribution in [3.63, 3.8) is 0 Å². The number of carbonyl (C=O) groups excluding carboxylic acids is 2. The molecular formula is C26H28N2O4. The molecule has 4 rings (SSSR count). The molecule has 32 heavy (non-hydrogen) atoms. The van der Waals surface area contributed by atoms with Crippen LogP contribution in [-0.2, 0) is 4.79 Å². The number of benzene rings is 3. The summed E-state index contributed by atoms with van der Waals surface area (Å²) in [7, 11) is 3.19. The number of rotatable bonds is 9. The highest BCUT2D eigenvalue weighted by molar-refractivity contribution is 6.25. The molecule has 1 unspecified atom stereocenters. The lowest BCUT2D eigenvalue weighted by molar-refractivity contribution is -0.121. The highest BCUT2D eigenvalue weighted by Gasteiger charge is 2.29. The standard InChI is InChI=1S/C26H28N2O4/c1-4-20(18-13-14-22(31-2)23(16-18)32-3)27-24(29)12-7-15-28-21-11-6-9-17-8-5-10-19(25(17)21)26(28)30/h5-6,8-11,13-14,16,20H,4,7,12,15H2,1-3H3,(H,27,29). The van der Waals surface area contributed by atoms with Gasteiger partial charge in [0.1, 0.15) is 0 Å². The van der Waals surface area contributed by atoms with Crippen LogP contribution in [0.1, 0.15) is 48.1 Å². The molecule has 6 nitrogen and oxygen atoms in total. The van der Waals surface area contributed by atoms with Gasteiger partial charge >= 0.3 is 0 Å². The summed E-state index contributed by atoms with van der Waals surface area (Å²) in [4.78, 5) is 27.3. The summed E-state index contributed by atoms with van der Waals surface area (Å²) in [6, 6.07) is 17.3. The Kier molecular flexibility index (Phi) is 6.30. The van der Waals surface area contributed by atoms with Crippen LogP contribution in [0.3, 0.4) is 0 Å². The maximum Gasteiger partial charge on any atom is 0.258 e. The zero-order valence-electron chi connectivity index (χ0n) is 18.7. The Morgan fingerprint density at radius 3 is 2.50 bits per heavy atom. The molecule has 3 aromatic carbocycles. The fourth-order valence-corrected chi connectivity index (χ4v) is 4.36. The maximum absolute atomic E-state index is 12.9. The van der Waals surface area contributed by atoms with Gasteiger partial charge in [0.2, 0.25) is 5.91 Å². The number of nitrogens with zero attached hydrogens (tertiary/aromatic N) is 1. The zero-order valence-corrected chi connectivity index (χ0v) is 18.7. The monoisotopic (exact) mass is 432 g/mol. The number of nitrogens with one attached hydrogen (secondary N) is 1. The van der Waals surface area contributed by atoms with Crippen LogP contribution in [0, 0.1) is 0 Å². The molecule has 6 heteroatoms. The number of ether oxygens (including phenoxy) is 2. The molecule has 0 saturated heterocycles. The second-order valence-corrected chi connectivity index (χ2v) is 7.88. The summed E-state index contributed by atoms with van der Waals surface area (Å²) >= 11 is 0. The third kappa shape index (κ3) is 4.00. The third-order valence-corrected chi connectivity index (χ3v) is 5.99. The first kappa shape index (κ1) is 21.7. The fourth-order valence-electron chi connectivity index (χ4n) is 4.36. The van der Waals surface area contributed by atoms with E-state index >= 15 is 0 Å². The molecule has 0 fully saturated rings. The van der Waals surface area contributed by atoms with E-state index in [2.05, 4.69) is 5.32 Å². The third-order valence-electron chi connectivity index (χ3n) is 5.99. The lowest BCUT2D eigenvalue weighted by Crippen LogP contribution is -2.31. The van der Waals surface area contributed by atoms with Crippen molar-refractivity contribution in [1.82, 2.24) is 5.32 Å². The summed E-state index contributed by atoms with van der Waals surface area (Å²) in [6.45, 7) is 2.54. The molecule has 1 heterocycles. The molecule has 0 radical (unpaired) electrons. The number of carbonyl (C=O) groups is 2. The minimum atomic E-state index is -0.117. The Morgan fingerprint density at radius 1 is 1.03 bits per heavy atom. The quantitative estimate of drug-likeness (QED) is 0.524. The summed E-state index contributed by atoms with van der Waals surface area (Å²) < 4.78 is 10.7. The fraction of sp³-hybridized carbons (Fsp3) is 0.308. The van der Waals surface area contributed by atoms with Crippen molar-refractivity contribution in [2.45, 2.75) is 32.2 Å². The molecule has 1 aliphatic heterocycles. The largest absolute Gasteiger partial charge is 0.493 e. The maximum atomic E-state index is 12.9. The van der Waals surface area contributed by atoms with Crippen molar-refractivity contribution in [3.8, 4) is 11.5 Å². The predicted octanol–water partition coefficient (Wildman–Crippen LogP) is 4.86. The van der Waals surface area contributed by atoms with Gasteiger partial charge < -0.3 is 19.7 Å². The Morgan fingerprint density at radius 2 is 1.78 bits per heavy atom. The molecule has 1 N–H and O–H groups in total. The molecule has 0 aliphatic carbocycles. The minimum absolute atomic E-state index is 0.00831. The Bertz CT molecular complexity index is 1150. The first-order valence-electron chi connectivity index (χ1n) is 10.9. The van der Waals surface area contributed by atoms with Gasteiger partial charge in [-0.25, -0.2) is 0 Å². The number of anilines is 1. The average Bonchev–Trinajstić information content (AvgIpc) is 3.10. The van der Waals surface area contributed by atoms with Crippen molar-refractivity contribution < 1.29 is 19.1 Å². The summed E-state index contributed by atoms with van der Waals surface area (Å²) in [5.74, 6) is 1.27. The van der Waals surface area contributed by atoms with Crippen LogP contribution in [0.5, 0.6) is 11.5 Å². The van der Waals surface area contributed by atoms with Crippen LogP contribution in [0.15, 0.2) is 54.6 Å². The summed E-state index contributed by atoms with van der Waals surface area (Å²) in [5, 5.41) is 5.17. The van der Waals surface area contributed by atoms with Crippen LogP contribution in [0.2, 0.25) is 0 Å². The molecule has 0 aromatic heterocycles. The van der Waals surface area contributed by atoms with Gasteiger partial charge in [0, 0.05) is 23.9 Å².